The van der Waals surface area contributed by atoms with Crippen LogP contribution in [0.15, 0.2) is 24.3 Å². The summed E-state index contributed by atoms with van der Waals surface area (Å²) in [6.45, 7) is 4.03. The fraction of sp³-hybridized carbons (Fsp3) is 0.375. The van der Waals surface area contributed by atoms with Crippen molar-refractivity contribution in [2.24, 2.45) is 5.84 Å². The zero-order valence-electron chi connectivity index (χ0n) is 12.4. The molecule has 21 heavy (non-hydrogen) atoms. The first-order chi connectivity index (χ1) is 10.2. The van der Waals surface area contributed by atoms with Crippen molar-refractivity contribution in [2.45, 2.75) is 39.0 Å². The number of benzene rings is 1. The maximum atomic E-state index is 5.97. The summed E-state index contributed by atoms with van der Waals surface area (Å²) in [5.41, 5.74) is 4.69. The molecule has 1 fully saturated rings. The minimum atomic E-state index is 0.446. The first-order valence-corrected chi connectivity index (χ1v) is 7.33. The van der Waals surface area contributed by atoms with Gasteiger partial charge in [-0.05, 0) is 43.9 Å². The quantitative estimate of drug-likeness (QED) is 0.651. The number of hydrogen-bond acceptors (Lipinski definition) is 5. The second-order valence-corrected chi connectivity index (χ2v) is 5.38. The molecule has 0 aliphatic heterocycles. The van der Waals surface area contributed by atoms with Crippen LogP contribution in [0, 0.1) is 6.92 Å². The van der Waals surface area contributed by atoms with Crippen molar-refractivity contribution < 1.29 is 4.74 Å². The molecule has 0 spiro atoms. The number of aryl methyl sites for hydroxylation is 1. The van der Waals surface area contributed by atoms with E-state index in [9.17, 15) is 0 Å². The molecule has 1 saturated carbocycles. The monoisotopic (exact) mass is 284 g/mol. The van der Waals surface area contributed by atoms with Crippen LogP contribution in [0.1, 0.15) is 42.6 Å². The summed E-state index contributed by atoms with van der Waals surface area (Å²) in [7, 11) is 0. The van der Waals surface area contributed by atoms with E-state index in [0.717, 1.165) is 36.4 Å². The summed E-state index contributed by atoms with van der Waals surface area (Å²) >= 11 is 0. The van der Waals surface area contributed by atoms with Crippen LogP contribution in [0.25, 0.3) is 0 Å². The van der Waals surface area contributed by atoms with Crippen LogP contribution in [-0.2, 0) is 6.42 Å². The summed E-state index contributed by atoms with van der Waals surface area (Å²) < 4.78 is 5.97. The highest BCUT2D eigenvalue weighted by molar-refractivity contribution is 5.49. The first kappa shape index (κ1) is 13.8. The van der Waals surface area contributed by atoms with Gasteiger partial charge in [-0.1, -0.05) is 19.1 Å². The smallest absolute Gasteiger partial charge is 0.227 e. The Bertz CT molecular complexity index is 653. The Morgan fingerprint density at radius 2 is 2.14 bits per heavy atom. The van der Waals surface area contributed by atoms with Crippen LogP contribution in [-0.4, -0.2) is 9.97 Å². The van der Waals surface area contributed by atoms with Crippen molar-refractivity contribution in [3.8, 4) is 11.6 Å². The molecular formula is C16H20N4O. The lowest BCUT2D eigenvalue weighted by Crippen LogP contribution is -2.13. The van der Waals surface area contributed by atoms with Gasteiger partial charge in [0.1, 0.15) is 11.6 Å². The average molecular weight is 284 g/mol. The van der Waals surface area contributed by atoms with Gasteiger partial charge in [0.2, 0.25) is 5.88 Å². The lowest BCUT2D eigenvalue weighted by molar-refractivity contribution is 0.454. The number of nitrogens with one attached hydrogen (secondary N) is 1. The van der Waals surface area contributed by atoms with Crippen LogP contribution in [0.2, 0.25) is 0 Å². The van der Waals surface area contributed by atoms with Crippen molar-refractivity contribution in [3.63, 3.8) is 0 Å². The second-order valence-electron chi connectivity index (χ2n) is 5.38. The molecule has 110 valence electrons. The lowest BCUT2D eigenvalue weighted by Gasteiger charge is -2.13. The van der Waals surface area contributed by atoms with Gasteiger partial charge in [-0.15, -0.1) is 0 Å². The number of aromatic nitrogens is 2. The average Bonchev–Trinajstić information content (AvgIpc) is 3.34. The second kappa shape index (κ2) is 5.69. The molecule has 0 amide bonds. The molecule has 5 heteroatoms. The molecule has 1 aliphatic carbocycles. The fourth-order valence-corrected chi connectivity index (χ4v) is 2.22. The molecule has 0 atom stereocenters. The molecule has 0 unspecified atom stereocenters. The largest absolute Gasteiger partial charge is 0.439 e. The Morgan fingerprint density at radius 3 is 2.81 bits per heavy atom. The Morgan fingerprint density at radius 1 is 1.33 bits per heavy atom. The van der Waals surface area contributed by atoms with Crippen molar-refractivity contribution in [3.05, 3.63) is 41.2 Å². The molecular weight excluding hydrogens is 264 g/mol. The molecule has 3 rings (SSSR count). The third-order valence-electron chi connectivity index (χ3n) is 3.72. The normalized spacial score (nSPS) is 14.0. The van der Waals surface area contributed by atoms with Crippen molar-refractivity contribution in [1.29, 1.82) is 0 Å². The number of hydrazine groups is 1. The molecule has 5 nitrogen and oxygen atoms in total. The third-order valence-corrected chi connectivity index (χ3v) is 3.72. The van der Waals surface area contributed by atoms with Gasteiger partial charge in [0, 0.05) is 5.92 Å². The molecule has 2 aromatic rings. The van der Waals surface area contributed by atoms with E-state index in [1.165, 1.54) is 5.56 Å². The molecule has 0 bridgehead atoms. The topological polar surface area (TPSA) is 73.1 Å². The predicted octanol–water partition coefficient (Wildman–Crippen LogP) is 3.30. The zero-order valence-corrected chi connectivity index (χ0v) is 12.4. The number of nitrogen functional groups attached to an aromatic ring is 1. The van der Waals surface area contributed by atoms with E-state index in [0.29, 0.717) is 17.6 Å². The van der Waals surface area contributed by atoms with Gasteiger partial charge < -0.3 is 10.2 Å². The Balaban J connectivity index is 1.94. The Hall–Kier alpha value is -2.14. The summed E-state index contributed by atoms with van der Waals surface area (Å²) in [5, 5.41) is 0. The van der Waals surface area contributed by atoms with E-state index >= 15 is 0 Å². The van der Waals surface area contributed by atoms with Gasteiger partial charge in [-0.3, -0.25) is 0 Å². The van der Waals surface area contributed by atoms with Gasteiger partial charge in [0.15, 0.2) is 5.82 Å². The van der Waals surface area contributed by atoms with Gasteiger partial charge in [0.05, 0.1) is 5.56 Å². The van der Waals surface area contributed by atoms with Gasteiger partial charge in [-0.25, -0.2) is 10.8 Å². The highest BCUT2D eigenvalue weighted by atomic mass is 16.5. The van der Waals surface area contributed by atoms with Crippen LogP contribution in [0.5, 0.6) is 11.6 Å². The minimum absolute atomic E-state index is 0.446. The number of rotatable bonds is 5. The number of nitrogens with two attached hydrogens (primary N) is 1. The highest BCUT2D eigenvalue weighted by Gasteiger charge is 2.28. The highest BCUT2D eigenvalue weighted by Crippen LogP contribution is 2.40. The lowest BCUT2D eigenvalue weighted by atomic mass is 10.2. The summed E-state index contributed by atoms with van der Waals surface area (Å²) in [4.78, 5) is 9.03. The SMILES string of the molecule is CCc1cccc(Oc2nc(C3CC3)nc(NN)c2C)c1. The Kier molecular flexibility index (Phi) is 3.75. The molecule has 1 heterocycles. The number of hydrogen-bond donors (Lipinski definition) is 2. The van der Waals surface area contributed by atoms with E-state index in [1.54, 1.807) is 0 Å². The van der Waals surface area contributed by atoms with E-state index < -0.39 is 0 Å². The Labute approximate surface area is 124 Å². The maximum Gasteiger partial charge on any atom is 0.227 e. The van der Waals surface area contributed by atoms with E-state index in [4.69, 9.17) is 10.6 Å². The number of anilines is 1. The third kappa shape index (κ3) is 2.97. The molecule has 0 saturated heterocycles. The molecule has 1 aliphatic rings. The predicted molar refractivity (Wildman–Crippen MR) is 82.4 cm³/mol. The maximum absolute atomic E-state index is 5.97. The number of ether oxygens (including phenoxy) is 1. The van der Waals surface area contributed by atoms with Crippen LogP contribution < -0.4 is 16.0 Å². The van der Waals surface area contributed by atoms with E-state index in [1.807, 2.05) is 25.1 Å². The van der Waals surface area contributed by atoms with Crippen LogP contribution in [0.4, 0.5) is 5.82 Å². The molecule has 3 N–H and O–H groups in total. The molecule has 1 aromatic heterocycles. The van der Waals surface area contributed by atoms with E-state index in [2.05, 4.69) is 28.4 Å². The van der Waals surface area contributed by atoms with Gasteiger partial charge in [0.25, 0.3) is 0 Å². The summed E-state index contributed by atoms with van der Waals surface area (Å²) in [6, 6.07) is 8.05. The standard InChI is InChI=1S/C16H20N4O/c1-3-11-5-4-6-13(9-11)21-16-10(2)14(20-17)18-15(19-16)12-7-8-12/h4-6,9,12H,3,7-8,17H2,1-2H3,(H,18,19,20). The zero-order chi connectivity index (χ0) is 14.8. The van der Waals surface area contributed by atoms with Crippen molar-refractivity contribution in [2.75, 3.05) is 5.43 Å². The van der Waals surface area contributed by atoms with E-state index in [-0.39, 0.29) is 0 Å². The molecule has 1 aromatic carbocycles. The summed E-state index contributed by atoms with van der Waals surface area (Å²) in [6.07, 6.45) is 3.25. The van der Waals surface area contributed by atoms with Gasteiger partial charge in [-0.2, -0.15) is 4.98 Å². The summed E-state index contributed by atoms with van der Waals surface area (Å²) in [5.74, 6) is 8.82. The minimum Gasteiger partial charge on any atom is -0.439 e. The van der Waals surface area contributed by atoms with Crippen LogP contribution >= 0.6 is 0 Å². The van der Waals surface area contributed by atoms with Crippen molar-refractivity contribution in [1.82, 2.24) is 9.97 Å². The van der Waals surface area contributed by atoms with Crippen molar-refractivity contribution >= 4 is 5.82 Å². The first-order valence-electron chi connectivity index (χ1n) is 7.33. The fourth-order valence-electron chi connectivity index (χ4n) is 2.22. The van der Waals surface area contributed by atoms with Gasteiger partial charge >= 0.3 is 0 Å². The number of nitrogens with zero attached hydrogens (tertiary/aromatic N) is 2. The van der Waals surface area contributed by atoms with Crippen LogP contribution in [0.3, 0.4) is 0 Å². The molecule has 0 radical (unpaired) electrons.